The number of ether oxygens (including phenoxy) is 1. The van der Waals surface area contributed by atoms with Crippen LogP contribution in [0.3, 0.4) is 0 Å². The molecular formula is C13H15N3O2. The molecule has 0 aromatic heterocycles. The lowest BCUT2D eigenvalue weighted by Crippen LogP contribution is -2.29. The van der Waals surface area contributed by atoms with Crippen molar-refractivity contribution < 1.29 is 9.53 Å². The second-order valence-electron chi connectivity index (χ2n) is 4.61. The van der Waals surface area contributed by atoms with Gasteiger partial charge in [0, 0.05) is 0 Å². The minimum Gasteiger partial charge on any atom is -0.443 e. The number of rotatable bonds is 2. The fraction of sp³-hybridized carbons (Fsp3) is 0.308. The van der Waals surface area contributed by atoms with Crippen LogP contribution in [0.25, 0.3) is 0 Å². The second-order valence-corrected chi connectivity index (χ2v) is 4.61. The molecule has 0 saturated carbocycles. The van der Waals surface area contributed by atoms with Gasteiger partial charge in [0.1, 0.15) is 5.60 Å². The normalized spacial score (nSPS) is 11.0. The summed E-state index contributed by atoms with van der Waals surface area (Å²) >= 11 is 0. The van der Waals surface area contributed by atoms with Gasteiger partial charge in [-0.15, -0.1) is 0 Å². The molecule has 0 aliphatic carbocycles. The summed E-state index contributed by atoms with van der Waals surface area (Å²) in [5.74, 6) is 0. The van der Waals surface area contributed by atoms with Crippen molar-refractivity contribution in [2.45, 2.75) is 26.4 Å². The number of carbonyl (C=O) groups excluding carboxylic acids is 1. The highest BCUT2D eigenvalue weighted by atomic mass is 16.6. The summed E-state index contributed by atoms with van der Waals surface area (Å²) in [4.78, 5) is 11.3. The van der Waals surface area contributed by atoms with Crippen molar-refractivity contribution in [3.63, 3.8) is 0 Å². The van der Waals surface area contributed by atoms with E-state index in [-0.39, 0.29) is 0 Å². The van der Waals surface area contributed by atoms with Crippen molar-refractivity contribution in [3.05, 3.63) is 35.4 Å². The van der Waals surface area contributed by atoms with Gasteiger partial charge in [-0.3, -0.25) is 0 Å². The van der Waals surface area contributed by atoms with E-state index < -0.39 is 11.7 Å². The lowest BCUT2D eigenvalue weighted by molar-refractivity contribution is 0.0529. The van der Waals surface area contributed by atoms with Crippen LogP contribution in [0.15, 0.2) is 29.4 Å². The average molecular weight is 245 g/mol. The Morgan fingerprint density at radius 2 is 2.22 bits per heavy atom. The summed E-state index contributed by atoms with van der Waals surface area (Å²) in [5.41, 5.74) is 2.96. The first-order valence-corrected chi connectivity index (χ1v) is 5.43. The zero-order valence-electron chi connectivity index (χ0n) is 10.6. The van der Waals surface area contributed by atoms with Gasteiger partial charge in [0.05, 0.1) is 17.8 Å². The van der Waals surface area contributed by atoms with Crippen molar-refractivity contribution >= 4 is 12.3 Å². The number of hydrogen-bond acceptors (Lipinski definition) is 4. The number of nitriles is 1. The van der Waals surface area contributed by atoms with E-state index in [4.69, 9.17) is 10.00 Å². The fourth-order valence-corrected chi connectivity index (χ4v) is 1.15. The molecule has 18 heavy (non-hydrogen) atoms. The van der Waals surface area contributed by atoms with Gasteiger partial charge in [0.2, 0.25) is 0 Å². The van der Waals surface area contributed by atoms with E-state index in [0.29, 0.717) is 5.56 Å². The molecule has 5 heteroatoms. The van der Waals surface area contributed by atoms with Crippen molar-refractivity contribution in [2.75, 3.05) is 0 Å². The molecule has 0 fully saturated rings. The van der Waals surface area contributed by atoms with E-state index in [9.17, 15) is 4.79 Å². The van der Waals surface area contributed by atoms with Gasteiger partial charge in [-0.2, -0.15) is 10.4 Å². The van der Waals surface area contributed by atoms with Gasteiger partial charge in [-0.25, -0.2) is 10.2 Å². The summed E-state index contributed by atoms with van der Waals surface area (Å²) < 4.78 is 5.00. The maximum atomic E-state index is 11.3. The van der Waals surface area contributed by atoms with Crippen LogP contribution in [-0.4, -0.2) is 17.9 Å². The van der Waals surface area contributed by atoms with Crippen LogP contribution in [0.5, 0.6) is 0 Å². The molecule has 0 spiro atoms. The number of carbonyl (C=O) groups is 1. The van der Waals surface area contributed by atoms with E-state index in [2.05, 4.69) is 10.5 Å². The summed E-state index contributed by atoms with van der Waals surface area (Å²) in [6.07, 6.45) is 0.834. The summed E-state index contributed by atoms with van der Waals surface area (Å²) in [6, 6.07) is 8.91. The Morgan fingerprint density at radius 1 is 1.50 bits per heavy atom. The summed E-state index contributed by atoms with van der Waals surface area (Å²) in [6.45, 7) is 5.31. The molecule has 0 saturated heterocycles. The SMILES string of the molecule is CC(C)(C)OC(=O)N/N=C/c1cccc(C#N)c1. The Kier molecular flexibility index (Phi) is 4.44. The van der Waals surface area contributed by atoms with Crippen LogP contribution in [0.4, 0.5) is 4.79 Å². The minimum atomic E-state index is -0.616. The quantitative estimate of drug-likeness (QED) is 0.642. The lowest BCUT2D eigenvalue weighted by atomic mass is 10.1. The first-order valence-electron chi connectivity index (χ1n) is 5.43. The van der Waals surface area contributed by atoms with Gasteiger partial charge in [-0.05, 0) is 38.5 Å². The summed E-state index contributed by atoms with van der Waals surface area (Å²) in [7, 11) is 0. The Morgan fingerprint density at radius 3 is 2.83 bits per heavy atom. The van der Waals surface area contributed by atoms with E-state index in [0.717, 1.165) is 5.56 Å². The molecule has 1 rings (SSSR count). The monoisotopic (exact) mass is 245 g/mol. The molecule has 0 aliphatic heterocycles. The molecule has 0 radical (unpaired) electrons. The first-order chi connectivity index (χ1) is 8.40. The van der Waals surface area contributed by atoms with Crippen molar-refractivity contribution in [1.82, 2.24) is 5.43 Å². The van der Waals surface area contributed by atoms with Gasteiger partial charge >= 0.3 is 6.09 Å². The van der Waals surface area contributed by atoms with Crippen LogP contribution in [0.1, 0.15) is 31.9 Å². The Hall–Kier alpha value is -2.35. The van der Waals surface area contributed by atoms with Gasteiger partial charge in [0.15, 0.2) is 0 Å². The van der Waals surface area contributed by atoms with Gasteiger partial charge in [-0.1, -0.05) is 12.1 Å². The van der Waals surface area contributed by atoms with E-state index in [1.807, 2.05) is 6.07 Å². The number of nitrogens with zero attached hydrogens (tertiary/aromatic N) is 2. The highest BCUT2D eigenvalue weighted by Crippen LogP contribution is 2.06. The van der Waals surface area contributed by atoms with Crippen LogP contribution in [-0.2, 0) is 4.74 Å². The van der Waals surface area contributed by atoms with Crippen molar-refractivity contribution in [1.29, 1.82) is 5.26 Å². The Bertz CT molecular complexity index is 496. The van der Waals surface area contributed by atoms with Crippen LogP contribution < -0.4 is 5.43 Å². The molecule has 1 N–H and O–H groups in total. The molecule has 1 aromatic rings. The first kappa shape index (κ1) is 13.7. The van der Waals surface area contributed by atoms with Gasteiger partial charge < -0.3 is 4.74 Å². The molecule has 1 aromatic carbocycles. The standard InChI is InChI=1S/C13H15N3O2/c1-13(2,3)18-12(17)16-15-9-11-6-4-5-10(7-11)8-14/h4-7,9H,1-3H3,(H,16,17)/b15-9+. The van der Waals surface area contributed by atoms with Crippen molar-refractivity contribution in [2.24, 2.45) is 5.10 Å². The van der Waals surface area contributed by atoms with E-state index >= 15 is 0 Å². The highest BCUT2D eigenvalue weighted by Gasteiger charge is 2.15. The third kappa shape index (κ3) is 5.12. The van der Waals surface area contributed by atoms with Crippen LogP contribution in [0.2, 0.25) is 0 Å². The van der Waals surface area contributed by atoms with E-state index in [1.165, 1.54) is 6.21 Å². The van der Waals surface area contributed by atoms with E-state index in [1.54, 1.807) is 45.0 Å². The van der Waals surface area contributed by atoms with Crippen molar-refractivity contribution in [3.8, 4) is 6.07 Å². The number of benzene rings is 1. The predicted octanol–water partition coefficient (Wildman–Crippen LogP) is 2.42. The highest BCUT2D eigenvalue weighted by molar-refractivity contribution is 5.81. The summed E-state index contributed by atoms with van der Waals surface area (Å²) in [5, 5.41) is 12.5. The van der Waals surface area contributed by atoms with Gasteiger partial charge in [0.25, 0.3) is 0 Å². The second kappa shape index (κ2) is 5.82. The molecule has 0 bridgehead atoms. The molecule has 94 valence electrons. The third-order valence-electron chi connectivity index (χ3n) is 1.78. The minimum absolute atomic E-state index is 0.538. The Labute approximate surface area is 106 Å². The molecule has 1 amide bonds. The third-order valence-corrected chi connectivity index (χ3v) is 1.78. The zero-order valence-corrected chi connectivity index (χ0v) is 10.6. The fourth-order valence-electron chi connectivity index (χ4n) is 1.15. The number of nitrogens with one attached hydrogen (secondary N) is 1. The molecule has 0 aliphatic rings. The number of amides is 1. The maximum Gasteiger partial charge on any atom is 0.428 e. The smallest absolute Gasteiger partial charge is 0.428 e. The number of hydrogen-bond donors (Lipinski definition) is 1. The van der Waals surface area contributed by atoms with Crippen LogP contribution >= 0.6 is 0 Å². The maximum absolute atomic E-state index is 11.3. The topological polar surface area (TPSA) is 74.5 Å². The lowest BCUT2D eigenvalue weighted by Gasteiger charge is -2.18. The average Bonchev–Trinajstić information content (AvgIpc) is 2.27. The number of hydrazone groups is 1. The molecule has 0 heterocycles. The largest absolute Gasteiger partial charge is 0.443 e. The molecule has 5 nitrogen and oxygen atoms in total. The predicted molar refractivity (Wildman–Crippen MR) is 68.1 cm³/mol. The molecular weight excluding hydrogens is 230 g/mol. The zero-order chi connectivity index (χ0) is 13.6. The van der Waals surface area contributed by atoms with Crippen LogP contribution in [0, 0.1) is 11.3 Å². The molecule has 0 atom stereocenters. The Balaban J connectivity index is 2.55. The molecule has 0 unspecified atom stereocenters.